The van der Waals surface area contributed by atoms with E-state index in [2.05, 4.69) is 61.1 Å². The SMILES string of the molecule is CC(C)NCc1cccc(CN2CCCN(C)CC2C)n1. The Labute approximate surface area is 129 Å². The van der Waals surface area contributed by atoms with Gasteiger partial charge in [-0.1, -0.05) is 19.9 Å². The second-order valence-corrected chi connectivity index (χ2v) is 6.59. The lowest BCUT2D eigenvalue weighted by atomic mass is 10.2. The summed E-state index contributed by atoms with van der Waals surface area (Å²) in [5.41, 5.74) is 2.33. The summed E-state index contributed by atoms with van der Waals surface area (Å²) in [5.74, 6) is 0. The molecule has 118 valence electrons. The Hall–Kier alpha value is -0.970. The number of hydrogen-bond acceptors (Lipinski definition) is 4. The monoisotopic (exact) mass is 290 g/mol. The Bertz CT molecular complexity index is 433. The minimum Gasteiger partial charge on any atom is -0.309 e. The number of pyridine rings is 1. The predicted molar refractivity (Wildman–Crippen MR) is 88.2 cm³/mol. The van der Waals surface area contributed by atoms with E-state index >= 15 is 0 Å². The van der Waals surface area contributed by atoms with Gasteiger partial charge in [0.25, 0.3) is 0 Å². The molecule has 0 aliphatic carbocycles. The Balaban J connectivity index is 1.96. The Morgan fingerprint density at radius 3 is 2.81 bits per heavy atom. The summed E-state index contributed by atoms with van der Waals surface area (Å²) in [6.07, 6.45) is 1.25. The normalized spacial score (nSPS) is 21.7. The van der Waals surface area contributed by atoms with Gasteiger partial charge in [-0.05, 0) is 39.1 Å². The summed E-state index contributed by atoms with van der Waals surface area (Å²) in [7, 11) is 2.22. The van der Waals surface area contributed by atoms with Crippen LogP contribution in [0.3, 0.4) is 0 Å². The third kappa shape index (κ3) is 5.38. The lowest BCUT2D eigenvalue weighted by Gasteiger charge is -2.27. The maximum absolute atomic E-state index is 4.81. The minimum absolute atomic E-state index is 0.497. The van der Waals surface area contributed by atoms with Gasteiger partial charge < -0.3 is 10.2 Å². The highest BCUT2D eigenvalue weighted by Crippen LogP contribution is 2.12. The molecule has 0 saturated carbocycles. The third-order valence-corrected chi connectivity index (χ3v) is 4.11. The van der Waals surface area contributed by atoms with E-state index in [0.29, 0.717) is 12.1 Å². The van der Waals surface area contributed by atoms with Gasteiger partial charge in [0.1, 0.15) is 0 Å². The van der Waals surface area contributed by atoms with Crippen molar-refractivity contribution in [3.63, 3.8) is 0 Å². The molecule has 1 N–H and O–H groups in total. The number of aromatic nitrogens is 1. The first kappa shape index (κ1) is 16.4. The van der Waals surface area contributed by atoms with Crippen LogP contribution < -0.4 is 5.32 Å². The van der Waals surface area contributed by atoms with Crippen LogP contribution in [0.1, 0.15) is 38.6 Å². The van der Waals surface area contributed by atoms with Gasteiger partial charge in [0.05, 0.1) is 11.4 Å². The second-order valence-electron chi connectivity index (χ2n) is 6.59. The molecule has 0 spiro atoms. The summed E-state index contributed by atoms with van der Waals surface area (Å²) in [6.45, 7) is 12.0. The average molecular weight is 290 g/mol. The van der Waals surface area contributed by atoms with Crippen molar-refractivity contribution in [2.75, 3.05) is 26.7 Å². The summed E-state index contributed by atoms with van der Waals surface area (Å²) in [6, 6.07) is 7.49. The first-order chi connectivity index (χ1) is 10.0. The fourth-order valence-electron chi connectivity index (χ4n) is 2.89. The Morgan fingerprint density at radius 1 is 1.29 bits per heavy atom. The number of likely N-dealkylation sites (N-methyl/N-ethyl adjacent to an activating group) is 1. The van der Waals surface area contributed by atoms with Crippen LogP contribution in [0.5, 0.6) is 0 Å². The van der Waals surface area contributed by atoms with Crippen LogP contribution >= 0.6 is 0 Å². The van der Waals surface area contributed by atoms with Crippen LogP contribution in [-0.2, 0) is 13.1 Å². The third-order valence-electron chi connectivity index (χ3n) is 4.11. The zero-order valence-electron chi connectivity index (χ0n) is 14.0. The molecular formula is C17H30N4. The molecule has 0 amide bonds. The maximum atomic E-state index is 4.81. The molecular weight excluding hydrogens is 260 g/mol. The number of hydrogen-bond donors (Lipinski definition) is 1. The summed E-state index contributed by atoms with van der Waals surface area (Å²) >= 11 is 0. The number of nitrogens with one attached hydrogen (secondary N) is 1. The van der Waals surface area contributed by atoms with Gasteiger partial charge >= 0.3 is 0 Å². The molecule has 4 heteroatoms. The van der Waals surface area contributed by atoms with Crippen LogP contribution in [0.25, 0.3) is 0 Å². The van der Waals surface area contributed by atoms with Crippen LogP contribution in [-0.4, -0.2) is 53.5 Å². The maximum Gasteiger partial charge on any atom is 0.0547 e. The van der Waals surface area contributed by atoms with Gasteiger partial charge in [0.15, 0.2) is 0 Å². The zero-order valence-corrected chi connectivity index (χ0v) is 14.0. The molecule has 1 aliphatic heterocycles. The van der Waals surface area contributed by atoms with Crippen LogP contribution in [0.15, 0.2) is 18.2 Å². The lowest BCUT2D eigenvalue weighted by Crippen LogP contribution is -2.37. The largest absolute Gasteiger partial charge is 0.309 e. The zero-order chi connectivity index (χ0) is 15.2. The molecule has 2 heterocycles. The van der Waals surface area contributed by atoms with E-state index < -0.39 is 0 Å². The van der Waals surface area contributed by atoms with Crippen LogP contribution in [0.2, 0.25) is 0 Å². The van der Waals surface area contributed by atoms with E-state index in [9.17, 15) is 0 Å². The fourth-order valence-corrected chi connectivity index (χ4v) is 2.89. The number of rotatable bonds is 5. The van der Waals surface area contributed by atoms with Crippen molar-refractivity contribution in [2.24, 2.45) is 0 Å². The molecule has 2 rings (SSSR count). The molecule has 1 unspecified atom stereocenters. The van der Waals surface area contributed by atoms with Gasteiger partial charge in [-0.2, -0.15) is 0 Å². The van der Waals surface area contributed by atoms with Gasteiger partial charge in [0.2, 0.25) is 0 Å². The molecule has 1 fully saturated rings. The minimum atomic E-state index is 0.497. The predicted octanol–water partition coefficient (Wildman–Crippen LogP) is 2.11. The van der Waals surface area contributed by atoms with Crippen LogP contribution in [0, 0.1) is 0 Å². The molecule has 21 heavy (non-hydrogen) atoms. The summed E-state index contributed by atoms with van der Waals surface area (Å²) in [5, 5.41) is 3.43. The highest BCUT2D eigenvalue weighted by atomic mass is 15.2. The van der Waals surface area contributed by atoms with E-state index in [-0.39, 0.29) is 0 Å². The second kappa shape index (κ2) is 7.87. The molecule has 1 aromatic rings. The topological polar surface area (TPSA) is 31.4 Å². The summed E-state index contributed by atoms with van der Waals surface area (Å²) < 4.78 is 0. The van der Waals surface area contributed by atoms with E-state index in [0.717, 1.165) is 25.3 Å². The van der Waals surface area contributed by atoms with Gasteiger partial charge in [-0.15, -0.1) is 0 Å². The van der Waals surface area contributed by atoms with Crippen molar-refractivity contribution in [3.05, 3.63) is 29.6 Å². The lowest BCUT2D eigenvalue weighted by molar-refractivity contribution is 0.192. The molecule has 0 bridgehead atoms. The van der Waals surface area contributed by atoms with Crippen LogP contribution in [0.4, 0.5) is 0 Å². The highest BCUT2D eigenvalue weighted by molar-refractivity contribution is 5.11. The van der Waals surface area contributed by atoms with Crippen molar-refractivity contribution in [1.29, 1.82) is 0 Å². The quantitative estimate of drug-likeness (QED) is 0.900. The van der Waals surface area contributed by atoms with Crippen molar-refractivity contribution >= 4 is 0 Å². The highest BCUT2D eigenvalue weighted by Gasteiger charge is 2.19. The Morgan fingerprint density at radius 2 is 2.05 bits per heavy atom. The molecule has 1 saturated heterocycles. The molecule has 1 atom stereocenters. The Kier molecular flexibility index (Phi) is 6.15. The molecule has 1 aromatic heterocycles. The molecule has 0 aromatic carbocycles. The fraction of sp³-hybridized carbons (Fsp3) is 0.706. The van der Waals surface area contributed by atoms with Crippen molar-refractivity contribution in [1.82, 2.24) is 20.1 Å². The smallest absolute Gasteiger partial charge is 0.0547 e. The van der Waals surface area contributed by atoms with E-state index in [1.807, 2.05) is 0 Å². The molecule has 4 nitrogen and oxygen atoms in total. The van der Waals surface area contributed by atoms with E-state index in [1.165, 1.54) is 25.2 Å². The molecule has 1 aliphatic rings. The number of nitrogens with zero attached hydrogens (tertiary/aromatic N) is 3. The van der Waals surface area contributed by atoms with E-state index in [1.54, 1.807) is 0 Å². The average Bonchev–Trinajstić information content (AvgIpc) is 2.59. The van der Waals surface area contributed by atoms with Gasteiger partial charge in [-0.25, -0.2) is 0 Å². The van der Waals surface area contributed by atoms with E-state index in [4.69, 9.17) is 4.98 Å². The van der Waals surface area contributed by atoms with Gasteiger partial charge in [0, 0.05) is 38.3 Å². The first-order valence-corrected chi connectivity index (χ1v) is 8.15. The standard InChI is InChI=1S/C17H30N4/c1-14(2)18-11-16-7-5-8-17(19-16)13-21-10-6-9-20(4)12-15(21)3/h5,7-8,14-15,18H,6,9-13H2,1-4H3. The summed E-state index contributed by atoms with van der Waals surface area (Å²) in [4.78, 5) is 9.80. The molecule has 0 radical (unpaired) electrons. The van der Waals surface area contributed by atoms with Gasteiger partial charge in [-0.3, -0.25) is 9.88 Å². The van der Waals surface area contributed by atoms with Crippen molar-refractivity contribution in [3.8, 4) is 0 Å². The van der Waals surface area contributed by atoms with Crippen molar-refractivity contribution in [2.45, 2.75) is 52.4 Å². The van der Waals surface area contributed by atoms with Crippen molar-refractivity contribution < 1.29 is 0 Å². The first-order valence-electron chi connectivity index (χ1n) is 8.15.